The standard InChI is InChI=1S/C12H11FN4O4/c1-7-4-8(17(19)20)5-9(11(7)13)12(18)14-3-2-10-15-6-16-21-10/h4-6H,2-3H2,1H3,(H,14,18). The number of hydrogen-bond acceptors (Lipinski definition) is 6. The molecule has 0 radical (unpaired) electrons. The Morgan fingerprint density at radius 1 is 1.52 bits per heavy atom. The minimum Gasteiger partial charge on any atom is -0.351 e. The molecule has 21 heavy (non-hydrogen) atoms. The van der Waals surface area contributed by atoms with Crippen LogP contribution in [-0.4, -0.2) is 27.5 Å². The molecule has 0 unspecified atom stereocenters. The van der Waals surface area contributed by atoms with Gasteiger partial charge in [0.1, 0.15) is 5.82 Å². The third-order valence-corrected chi connectivity index (χ3v) is 2.73. The molecule has 0 spiro atoms. The Morgan fingerprint density at radius 3 is 2.90 bits per heavy atom. The molecule has 1 amide bonds. The number of carbonyl (C=O) groups excluding carboxylic acids is 1. The van der Waals surface area contributed by atoms with Crippen molar-refractivity contribution in [3.05, 3.63) is 51.4 Å². The van der Waals surface area contributed by atoms with E-state index in [0.717, 1.165) is 12.1 Å². The van der Waals surface area contributed by atoms with Crippen LogP contribution in [0.15, 0.2) is 23.0 Å². The second-order valence-electron chi connectivity index (χ2n) is 4.22. The molecule has 1 aromatic heterocycles. The molecule has 110 valence electrons. The first kappa shape index (κ1) is 14.6. The van der Waals surface area contributed by atoms with E-state index in [1.807, 2.05) is 0 Å². The molecular weight excluding hydrogens is 283 g/mol. The lowest BCUT2D eigenvalue weighted by atomic mass is 10.1. The number of aryl methyl sites for hydroxylation is 1. The molecule has 0 atom stereocenters. The Labute approximate surface area is 118 Å². The van der Waals surface area contributed by atoms with E-state index >= 15 is 0 Å². The number of nitro benzene ring substituents is 1. The molecule has 2 rings (SSSR count). The average molecular weight is 294 g/mol. The van der Waals surface area contributed by atoms with E-state index in [1.165, 1.54) is 13.3 Å². The van der Waals surface area contributed by atoms with Gasteiger partial charge in [-0.05, 0) is 12.5 Å². The van der Waals surface area contributed by atoms with Gasteiger partial charge >= 0.3 is 0 Å². The molecule has 0 fully saturated rings. The van der Waals surface area contributed by atoms with Gasteiger partial charge < -0.3 is 9.84 Å². The summed E-state index contributed by atoms with van der Waals surface area (Å²) < 4.78 is 18.6. The van der Waals surface area contributed by atoms with Crippen LogP contribution < -0.4 is 5.32 Å². The quantitative estimate of drug-likeness (QED) is 0.659. The molecule has 8 nitrogen and oxygen atoms in total. The van der Waals surface area contributed by atoms with Crippen LogP contribution >= 0.6 is 0 Å². The van der Waals surface area contributed by atoms with Crippen LogP contribution in [0.5, 0.6) is 0 Å². The fraction of sp³-hybridized carbons (Fsp3) is 0.250. The van der Waals surface area contributed by atoms with Crippen LogP contribution in [0, 0.1) is 22.9 Å². The van der Waals surface area contributed by atoms with Crippen molar-refractivity contribution >= 4 is 11.6 Å². The predicted molar refractivity (Wildman–Crippen MR) is 68.1 cm³/mol. The third-order valence-electron chi connectivity index (χ3n) is 2.73. The summed E-state index contributed by atoms with van der Waals surface area (Å²) >= 11 is 0. The van der Waals surface area contributed by atoms with Gasteiger partial charge in [0.25, 0.3) is 11.6 Å². The predicted octanol–water partition coefficient (Wildman–Crippen LogP) is 1.40. The van der Waals surface area contributed by atoms with Crippen molar-refractivity contribution in [3.63, 3.8) is 0 Å². The van der Waals surface area contributed by atoms with E-state index in [1.54, 1.807) is 0 Å². The maximum Gasteiger partial charge on any atom is 0.270 e. The highest BCUT2D eigenvalue weighted by Crippen LogP contribution is 2.20. The number of hydrogen-bond donors (Lipinski definition) is 1. The Kier molecular flexibility index (Phi) is 4.21. The van der Waals surface area contributed by atoms with Crippen LogP contribution in [0.25, 0.3) is 0 Å². The van der Waals surface area contributed by atoms with Crippen molar-refractivity contribution in [1.82, 2.24) is 15.5 Å². The minimum atomic E-state index is -0.782. The van der Waals surface area contributed by atoms with Crippen molar-refractivity contribution in [3.8, 4) is 0 Å². The molecule has 2 aromatic rings. The normalized spacial score (nSPS) is 10.4. The first-order valence-electron chi connectivity index (χ1n) is 5.97. The van der Waals surface area contributed by atoms with Crippen LogP contribution in [0.3, 0.4) is 0 Å². The fourth-order valence-electron chi connectivity index (χ4n) is 1.71. The molecule has 0 bridgehead atoms. The molecule has 0 aliphatic rings. The topological polar surface area (TPSA) is 111 Å². The minimum absolute atomic E-state index is 0.0336. The number of benzene rings is 1. The van der Waals surface area contributed by atoms with Crippen LogP contribution in [0.4, 0.5) is 10.1 Å². The first-order valence-corrected chi connectivity index (χ1v) is 5.97. The number of nitrogens with one attached hydrogen (secondary N) is 1. The van der Waals surface area contributed by atoms with Crippen molar-refractivity contribution in [2.24, 2.45) is 0 Å². The van der Waals surface area contributed by atoms with Gasteiger partial charge in [0, 0.05) is 25.1 Å². The second-order valence-corrected chi connectivity index (χ2v) is 4.22. The van der Waals surface area contributed by atoms with Crippen LogP contribution in [0.2, 0.25) is 0 Å². The molecule has 1 aromatic carbocycles. The summed E-state index contributed by atoms with van der Waals surface area (Å²) in [7, 11) is 0. The molecule has 0 saturated carbocycles. The number of rotatable bonds is 5. The van der Waals surface area contributed by atoms with E-state index in [4.69, 9.17) is 4.52 Å². The Bertz CT molecular complexity index is 672. The van der Waals surface area contributed by atoms with Crippen LogP contribution in [-0.2, 0) is 6.42 Å². The highest BCUT2D eigenvalue weighted by Gasteiger charge is 2.19. The van der Waals surface area contributed by atoms with Gasteiger partial charge in [-0.3, -0.25) is 14.9 Å². The van der Waals surface area contributed by atoms with Gasteiger partial charge in [-0.2, -0.15) is 4.98 Å². The third kappa shape index (κ3) is 3.38. The smallest absolute Gasteiger partial charge is 0.270 e. The first-order chi connectivity index (χ1) is 9.99. The van der Waals surface area contributed by atoms with Crippen LogP contribution in [0.1, 0.15) is 21.8 Å². The molecule has 9 heteroatoms. The molecule has 0 saturated heterocycles. The number of amides is 1. The molecule has 0 aliphatic heterocycles. The monoisotopic (exact) mass is 294 g/mol. The number of halogens is 1. The van der Waals surface area contributed by atoms with Gasteiger partial charge in [-0.1, -0.05) is 5.16 Å². The van der Waals surface area contributed by atoms with E-state index in [-0.39, 0.29) is 29.8 Å². The fourth-order valence-corrected chi connectivity index (χ4v) is 1.71. The van der Waals surface area contributed by atoms with E-state index < -0.39 is 16.6 Å². The lowest BCUT2D eigenvalue weighted by Gasteiger charge is -2.06. The Hall–Kier alpha value is -2.84. The summed E-state index contributed by atoms with van der Waals surface area (Å²) in [6.07, 6.45) is 1.50. The number of carbonyl (C=O) groups is 1. The summed E-state index contributed by atoms with van der Waals surface area (Å²) in [6, 6.07) is 1.98. The van der Waals surface area contributed by atoms with Gasteiger partial charge in [-0.25, -0.2) is 4.39 Å². The maximum atomic E-state index is 13.9. The largest absolute Gasteiger partial charge is 0.351 e. The molecular formula is C12H11FN4O4. The Balaban J connectivity index is 2.09. The summed E-state index contributed by atoms with van der Waals surface area (Å²) in [4.78, 5) is 25.7. The Morgan fingerprint density at radius 2 is 2.29 bits per heavy atom. The van der Waals surface area contributed by atoms with E-state index in [0.29, 0.717) is 5.89 Å². The summed E-state index contributed by atoms with van der Waals surface area (Å²) in [5.74, 6) is -1.19. The number of aromatic nitrogens is 2. The van der Waals surface area contributed by atoms with Gasteiger partial charge in [0.15, 0.2) is 6.33 Å². The van der Waals surface area contributed by atoms with E-state index in [2.05, 4.69) is 15.5 Å². The van der Waals surface area contributed by atoms with Crippen molar-refractivity contribution in [2.75, 3.05) is 6.54 Å². The summed E-state index contributed by atoms with van der Waals surface area (Å²) in [5.41, 5.74) is -0.672. The number of nitrogens with zero attached hydrogens (tertiary/aromatic N) is 3. The van der Waals surface area contributed by atoms with E-state index in [9.17, 15) is 19.3 Å². The van der Waals surface area contributed by atoms with Gasteiger partial charge in [0.2, 0.25) is 5.89 Å². The van der Waals surface area contributed by atoms with Crippen molar-refractivity contribution in [1.29, 1.82) is 0 Å². The lowest BCUT2D eigenvalue weighted by Crippen LogP contribution is -2.27. The molecule has 1 N–H and O–H groups in total. The van der Waals surface area contributed by atoms with Crippen molar-refractivity contribution < 1.29 is 18.6 Å². The number of non-ortho nitro benzene ring substituents is 1. The van der Waals surface area contributed by atoms with Gasteiger partial charge in [-0.15, -0.1) is 0 Å². The molecule has 0 aliphatic carbocycles. The lowest BCUT2D eigenvalue weighted by molar-refractivity contribution is -0.385. The van der Waals surface area contributed by atoms with Gasteiger partial charge in [0.05, 0.1) is 10.5 Å². The average Bonchev–Trinajstić information content (AvgIpc) is 2.94. The number of nitro groups is 1. The zero-order chi connectivity index (χ0) is 15.4. The van der Waals surface area contributed by atoms with Crippen molar-refractivity contribution in [2.45, 2.75) is 13.3 Å². The highest BCUT2D eigenvalue weighted by atomic mass is 19.1. The second kappa shape index (κ2) is 6.07. The zero-order valence-corrected chi connectivity index (χ0v) is 11.0. The zero-order valence-electron chi connectivity index (χ0n) is 11.0. The summed E-state index contributed by atoms with van der Waals surface area (Å²) in [6.45, 7) is 1.50. The summed E-state index contributed by atoms with van der Waals surface area (Å²) in [5, 5.41) is 16.6. The highest BCUT2D eigenvalue weighted by molar-refractivity contribution is 5.95. The molecule has 1 heterocycles. The SMILES string of the molecule is Cc1cc([N+](=O)[O-])cc(C(=O)NCCc2ncno2)c1F. The maximum absolute atomic E-state index is 13.9.